The molecule has 2 fully saturated rings. The molecule has 6 nitrogen and oxygen atoms in total. The molecule has 0 bridgehead atoms. The SMILES string of the molecule is CNCc1cn[nH]c1S(=O)(=O)N(CC1CC1)C1CC1. The zero-order valence-corrected chi connectivity index (χ0v) is 11.9. The first-order valence-electron chi connectivity index (χ1n) is 6.81. The molecule has 19 heavy (non-hydrogen) atoms. The van der Waals surface area contributed by atoms with Crippen LogP contribution in [0.3, 0.4) is 0 Å². The Balaban J connectivity index is 1.88. The first-order valence-corrected chi connectivity index (χ1v) is 8.25. The second kappa shape index (κ2) is 4.88. The lowest BCUT2D eigenvalue weighted by molar-refractivity contribution is 0.386. The Morgan fingerprint density at radius 2 is 2.16 bits per heavy atom. The largest absolute Gasteiger partial charge is 0.316 e. The molecule has 1 aromatic heterocycles. The van der Waals surface area contributed by atoms with Gasteiger partial charge in [0.05, 0.1) is 6.20 Å². The average Bonchev–Trinajstić information content (AvgIpc) is 3.27. The normalized spacial score (nSPS) is 20.1. The van der Waals surface area contributed by atoms with Gasteiger partial charge in [0.2, 0.25) is 0 Å². The molecule has 0 aliphatic heterocycles. The third-order valence-corrected chi connectivity index (χ3v) is 5.64. The highest BCUT2D eigenvalue weighted by Gasteiger charge is 2.42. The number of sulfonamides is 1. The molecule has 0 saturated heterocycles. The first kappa shape index (κ1) is 13.1. The number of H-pyrrole nitrogens is 1. The van der Waals surface area contributed by atoms with Gasteiger partial charge in [0.25, 0.3) is 10.0 Å². The molecule has 2 N–H and O–H groups in total. The summed E-state index contributed by atoms with van der Waals surface area (Å²) in [5, 5.41) is 9.80. The second-order valence-corrected chi connectivity index (χ2v) is 7.33. The number of hydrogen-bond acceptors (Lipinski definition) is 4. The van der Waals surface area contributed by atoms with Crippen molar-refractivity contribution in [1.82, 2.24) is 19.8 Å². The van der Waals surface area contributed by atoms with Crippen molar-refractivity contribution in [2.24, 2.45) is 5.92 Å². The van der Waals surface area contributed by atoms with Crippen LogP contribution in [0.4, 0.5) is 0 Å². The number of nitrogens with zero attached hydrogens (tertiary/aromatic N) is 2. The maximum absolute atomic E-state index is 12.8. The minimum atomic E-state index is -3.43. The predicted molar refractivity (Wildman–Crippen MR) is 71.0 cm³/mol. The van der Waals surface area contributed by atoms with E-state index in [0.29, 0.717) is 24.6 Å². The van der Waals surface area contributed by atoms with Crippen molar-refractivity contribution in [2.75, 3.05) is 13.6 Å². The number of rotatable bonds is 7. The Bertz CT molecular complexity index is 546. The van der Waals surface area contributed by atoms with Gasteiger partial charge in [0.1, 0.15) is 0 Å². The molecule has 7 heteroatoms. The van der Waals surface area contributed by atoms with Crippen molar-refractivity contribution in [1.29, 1.82) is 0 Å². The number of aromatic amines is 1. The number of aromatic nitrogens is 2. The third kappa shape index (κ3) is 2.68. The minimum Gasteiger partial charge on any atom is -0.316 e. The van der Waals surface area contributed by atoms with E-state index in [9.17, 15) is 8.42 Å². The van der Waals surface area contributed by atoms with Crippen LogP contribution in [0, 0.1) is 5.92 Å². The molecule has 0 unspecified atom stereocenters. The van der Waals surface area contributed by atoms with Crippen molar-refractivity contribution in [3.63, 3.8) is 0 Å². The van der Waals surface area contributed by atoms with Crippen molar-refractivity contribution in [3.8, 4) is 0 Å². The Morgan fingerprint density at radius 3 is 2.74 bits per heavy atom. The average molecular weight is 284 g/mol. The van der Waals surface area contributed by atoms with E-state index in [2.05, 4.69) is 15.5 Å². The molecule has 2 aliphatic carbocycles. The van der Waals surface area contributed by atoms with Crippen molar-refractivity contribution < 1.29 is 8.42 Å². The Morgan fingerprint density at radius 1 is 1.42 bits per heavy atom. The van der Waals surface area contributed by atoms with Gasteiger partial charge in [-0.1, -0.05) is 0 Å². The van der Waals surface area contributed by atoms with Crippen LogP contribution in [-0.4, -0.2) is 42.6 Å². The van der Waals surface area contributed by atoms with E-state index in [1.807, 2.05) is 0 Å². The summed E-state index contributed by atoms with van der Waals surface area (Å²) in [7, 11) is -1.63. The second-order valence-electron chi connectivity index (χ2n) is 5.50. The quantitative estimate of drug-likeness (QED) is 0.772. The highest BCUT2D eigenvalue weighted by molar-refractivity contribution is 7.89. The van der Waals surface area contributed by atoms with Gasteiger partial charge in [0, 0.05) is 24.7 Å². The van der Waals surface area contributed by atoms with Gasteiger partial charge in [0.15, 0.2) is 5.03 Å². The molecule has 106 valence electrons. The van der Waals surface area contributed by atoms with Crippen LogP contribution >= 0.6 is 0 Å². The molecule has 0 radical (unpaired) electrons. The topological polar surface area (TPSA) is 78.1 Å². The molecular weight excluding hydrogens is 264 g/mol. The minimum absolute atomic E-state index is 0.205. The predicted octanol–water partition coefficient (Wildman–Crippen LogP) is 0.692. The van der Waals surface area contributed by atoms with Gasteiger partial charge >= 0.3 is 0 Å². The van der Waals surface area contributed by atoms with Gasteiger partial charge in [-0.15, -0.1) is 0 Å². The lowest BCUT2D eigenvalue weighted by Gasteiger charge is -2.21. The van der Waals surface area contributed by atoms with E-state index in [-0.39, 0.29) is 11.1 Å². The van der Waals surface area contributed by atoms with E-state index >= 15 is 0 Å². The molecule has 2 aliphatic rings. The molecule has 2 saturated carbocycles. The highest BCUT2D eigenvalue weighted by Crippen LogP contribution is 2.38. The fourth-order valence-corrected chi connectivity index (χ4v) is 4.19. The zero-order chi connectivity index (χ0) is 13.5. The van der Waals surface area contributed by atoms with E-state index in [4.69, 9.17) is 0 Å². The molecule has 0 spiro atoms. The first-order chi connectivity index (χ1) is 9.13. The molecule has 1 aromatic rings. The van der Waals surface area contributed by atoms with Gasteiger partial charge < -0.3 is 5.32 Å². The molecule has 0 aromatic carbocycles. The van der Waals surface area contributed by atoms with Crippen LogP contribution in [0.25, 0.3) is 0 Å². The van der Waals surface area contributed by atoms with Crippen LogP contribution in [0.2, 0.25) is 0 Å². The van der Waals surface area contributed by atoms with E-state index in [0.717, 1.165) is 25.7 Å². The summed E-state index contributed by atoms with van der Waals surface area (Å²) in [5.41, 5.74) is 0.712. The van der Waals surface area contributed by atoms with Crippen molar-refractivity contribution in [3.05, 3.63) is 11.8 Å². The molecule has 1 heterocycles. The van der Waals surface area contributed by atoms with E-state index in [1.165, 1.54) is 0 Å². The Kier molecular flexibility index (Phi) is 3.36. The number of nitrogens with one attached hydrogen (secondary N) is 2. The molecule has 0 amide bonds. The van der Waals surface area contributed by atoms with Crippen LogP contribution in [0.15, 0.2) is 11.2 Å². The lowest BCUT2D eigenvalue weighted by Crippen LogP contribution is -2.35. The van der Waals surface area contributed by atoms with Gasteiger partial charge in [-0.3, -0.25) is 5.10 Å². The Labute approximate surface area is 113 Å². The van der Waals surface area contributed by atoms with Crippen LogP contribution in [-0.2, 0) is 16.6 Å². The number of hydrogen-bond donors (Lipinski definition) is 2. The molecular formula is C12H20N4O2S. The van der Waals surface area contributed by atoms with Crippen LogP contribution in [0.5, 0.6) is 0 Å². The van der Waals surface area contributed by atoms with Crippen molar-refractivity contribution >= 4 is 10.0 Å². The fraction of sp³-hybridized carbons (Fsp3) is 0.750. The summed E-state index contributed by atoms with van der Waals surface area (Å²) in [6, 6.07) is 0.205. The third-order valence-electron chi connectivity index (χ3n) is 3.70. The van der Waals surface area contributed by atoms with Gasteiger partial charge in [-0.05, 0) is 38.6 Å². The van der Waals surface area contributed by atoms with Crippen molar-refractivity contribution in [2.45, 2.75) is 43.3 Å². The Hall–Kier alpha value is -0.920. The van der Waals surface area contributed by atoms with Gasteiger partial charge in [-0.25, -0.2) is 8.42 Å². The monoisotopic (exact) mass is 284 g/mol. The van der Waals surface area contributed by atoms with Crippen LogP contribution < -0.4 is 5.32 Å². The zero-order valence-electron chi connectivity index (χ0n) is 11.1. The summed E-state index contributed by atoms with van der Waals surface area (Å²) in [6.45, 7) is 1.18. The van der Waals surface area contributed by atoms with E-state index in [1.54, 1.807) is 17.5 Å². The highest BCUT2D eigenvalue weighted by atomic mass is 32.2. The fourth-order valence-electron chi connectivity index (χ4n) is 2.32. The lowest BCUT2D eigenvalue weighted by atomic mass is 10.4. The van der Waals surface area contributed by atoms with Gasteiger partial charge in [-0.2, -0.15) is 9.40 Å². The summed E-state index contributed by atoms with van der Waals surface area (Å²) in [4.78, 5) is 0. The molecule has 0 atom stereocenters. The summed E-state index contributed by atoms with van der Waals surface area (Å²) in [6.07, 6.45) is 5.88. The van der Waals surface area contributed by atoms with E-state index < -0.39 is 10.0 Å². The smallest absolute Gasteiger partial charge is 0.260 e. The summed E-state index contributed by atoms with van der Waals surface area (Å²) < 4.78 is 27.2. The molecule has 3 rings (SSSR count). The standard InChI is InChI=1S/C12H20N4O2S/c1-13-6-10-7-14-15-12(10)19(17,18)16(11-4-5-11)8-9-2-3-9/h7,9,11,13H,2-6,8H2,1H3,(H,14,15). The maximum atomic E-state index is 12.8. The summed E-state index contributed by atoms with van der Waals surface area (Å²) >= 11 is 0. The maximum Gasteiger partial charge on any atom is 0.260 e. The van der Waals surface area contributed by atoms with Crippen LogP contribution in [0.1, 0.15) is 31.2 Å². The summed E-state index contributed by atoms with van der Waals surface area (Å²) in [5.74, 6) is 0.561.